The van der Waals surface area contributed by atoms with Crippen molar-refractivity contribution in [2.75, 3.05) is 33.3 Å². The summed E-state index contributed by atoms with van der Waals surface area (Å²) in [5.74, 6) is -0.394. The highest BCUT2D eigenvalue weighted by atomic mass is 19.4. The Hall–Kier alpha value is -0.820. The van der Waals surface area contributed by atoms with Crippen LogP contribution in [0.5, 0.6) is 0 Å². The topological polar surface area (TPSA) is 32.8 Å². The summed E-state index contributed by atoms with van der Waals surface area (Å²) in [5, 5.41) is 0. The average molecular weight is 280 g/mol. The van der Waals surface area contributed by atoms with Crippen molar-refractivity contribution in [2.45, 2.75) is 37.6 Å². The Balaban J connectivity index is 1.94. The van der Waals surface area contributed by atoms with Crippen LogP contribution in [0.4, 0.5) is 13.2 Å². The SMILES string of the molecule is COC1CCCN(C2CCN(CC(F)(F)F)C2=O)C1. The van der Waals surface area contributed by atoms with E-state index in [4.69, 9.17) is 4.74 Å². The van der Waals surface area contributed by atoms with Crippen LogP contribution in [0.3, 0.4) is 0 Å². The third-order valence-electron chi connectivity index (χ3n) is 3.82. The molecular weight excluding hydrogens is 261 g/mol. The summed E-state index contributed by atoms with van der Waals surface area (Å²) in [6.07, 6.45) is -1.90. The molecule has 2 aliphatic heterocycles. The van der Waals surface area contributed by atoms with E-state index >= 15 is 0 Å². The van der Waals surface area contributed by atoms with Gasteiger partial charge in [0, 0.05) is 20.2 Å². The van der Waals surface area contributed by atoms with Crippen LogP contribution in [0.1, 0.15) is 19.3 Å². The number of hydrogen-bond acceptors (Lipinski definition) is 3. The molecule has 0 aromatic carbocycles. The molecule has 19 heavy (non-hydrogen) atoms. The van der Waals surface area contributed by atoms with Crippen molar-refractivity contribution in [3.05, 3.63) is 0 Å². The number of hydrogen-bond donors (Lipinski definition) is 0. The number of methoxy groups -OCH3 is 1. The van der Waals surface area contributed by atoms with Crippen LogP contribution in [-0.2, 0) is 9.53 Å². The maximum absolute atomic E-state index is 12.3. The highest BCUT2D eigenvalue weighted by Crippen LogP contribution is 2.25. The molecule has 0 bridgehead atoms. The van der Waals surface area contributed by atoms with E-state index in [9.17, 15) is 18.0 Å². The van der Waals surface area contributed by atoms with E-state index in [1.165, 1.54) is 0 Å². The summed E-state index contributed by atoms with van der Waals surface area (Å²) in [7, 11) is 1.63. The molecule has 0 aliphatic carbocycles. The lowest BCUT2D eigenvalue weighted by atomic mass is 10.1. The molecule has 0 aromatic heterocycles. The van der Waals surface area contributed by atoms with Crippen LogP contribution in [0.25, 0.3) is 0 Å². The molecule has 1 amide bonds. The van der Waals surface area contributed by atoms with Crippen LogP contribution in [0.15, 0.2) is 0 Å². The molecule has 110 valence electrons. The number of piperidine rings is 1. The van der Waals surface area contributed by atoms with Gasteiger partial charge < -0.3 is 9.64 Å². The normalized spacial score (nSPS) is 30.1. The van der Waals surface area contributed by atoms with Gasteiger partial charge in [-0.05, 0) is 25.8 Å². The Morgan fingerprint density at radius 3 is 2.68 bits per heavy atom. The molecule has 4 nitrogen and oxygen atoms in total. The minimum atomic E-state index is -4.32. The number of alkyl halides is 3. The molecule has 0 radical (unpaired) electrons. The molecule has 2 aliphatic rings. The fraction of sp³-hybridized carbons (Fsp3) is 0.917. The third kappa shape index (κ3) is 3.60. The average Bonchev–Trinajstić information content (AvgIpc) is 2.69. The second kappa shape index (κ2) is 5.66. The Labute approximate surface area is 110 Å². The summed E-state index contributed by atoms with van der Waals surface area (Å²) in [4.78, 5) is 14.9. The molecule has 7 heteroatoms. The predicted octanol–water partition coefficient (Wildman–Crippen LogP) is 1.26. The molecule has 0 spiro atoms. The summed E-state index contributed by atoms with van der Waals surface area (Å²) < 4.78 is 42.3. The van der Waals surface area contributed by atoms with Crippen molar-refractivity contribution in [1.29, 1.82) is 0 Å². The van der Waals surface area contributed by atoms with E-state index in [0.717, 1.165) is 24.3 Å². The molecule has 2 saturated heterocycles. The van der Waals surface area contributed by atoms with Gasteiger partial charge in [0.15, 0.2) is 0 Å². The molecule has 2 atom stereocenters. The Bertz CT molecular complexity index is 335. The zero-order valence-corrected chi connectivity index (χ0v) is 10.9. The monoisotopic (exact) mass is 280 g/mol. The first-order chi connectivity index (χ1) is 8.90. The van der Waals surface area contributed by atoms with Crippen molar-refractivity contribution in [3.63, 3.8) is 0 Å². The molecule has 0 N–H and O–H groups in total. The fourth-order valence-corrected chi connectivity index (χ4v) is 2.88. The van der Waals surface area contributed by atoms with Crippen LogP contribution in [0, 0.1) is 0 Å². The van der Waals surface area contributed by atoms with Gasteiger partial charge in [-0.25, -0.2) is 0 Å². The fourth-order valence-electron chi connectivity index (χ4n) is 2.88. The number of ether oxygens (including phenoxy) is 1. The number of carbonyl (C=O) groups excluding carboxylic acids is 1. The Morgan fingerprint density at radius 2 is 2.05 bits per heavy atom. The van der Waals surface area contributed by atoms with Crippen LogP contribution in [-0.4, -0.2) is 67.3 Å². The molecule has 0 saturated carbocycles. The van der Waals surface area contributed by atoms with E-state index in [0.29, 0.717) is 13.0 Å². The minimum absolute atomic E-state index is 0.0817. The van der Waals surface area contributed by atoms with Gasteiger partial charge in [-0.2, -0.15) is 13.2 Å². The van der Waals surface area contributed by atoms with Crippen molar-refractivity contribution in [1.82, 2.24) is 9.80 Å². The zero-order valence-electron chi connectivity index (χ0n) is 10.9. The van der Waals surface area contributed by atoms with Gasteiger partial charge >= 0.3 is 6.18 Å². The highest BCUT2D eigenvalue weighted by molar-refractivity contribution is 5.84. The number of nitrogens with zero attached hydrogens (tertiary/aromatic N) is 2. The zero-order chi connectivity index (χ0) is 14.0. The molecule has 2 rings (SSSR count). The van der Waals surface area contributed by atoms with E-state index < -0.39 is 24.7 Å². The van der Waals surface area contributed by atoms with Gasteiger partial charge in [0.2, 0.25) is 5.91 Å². The van der Waals surface area contributed by atoms with E-state index in [1.54, 1.807) is 7.11 Å². The van der Waals surface area contributed by atoms with Crippen molar-refractivity contribution in [3.8, 4) is 0 Å². The standard InChI is InChI=1S/C12H19F3N2O2/c1-19-9-3-2-5-16(7-9)10-4-6-17(11(10)18)8-12(13,14)15/h9-10H,2-8H2,1H3. The first-order valence-corrected chi connectivity index (χ1v) is 6.53. The summed E-state index contributed by atoms with van der Waals surface area (Å²) >= 11 is 0. The van der Waals surface area contributed by atoms with Crippen LogP contribution < -0.4 is 0 Å². The van der Waals surface area contributed by atoms with Crippen LogP contribution >= 0.6 is 0 Å². The van der Waals surface area contributed by atoms with E-state index in [2.05, 4.69) is 0 Å². The van der Waals surface area contributed by atoms with Gasteiger partial charge in [0.05, 0.1) is 12.1 Å². The molecule has 2 fully saturated rings. The quantitative estimate of drug-likeness (QED) is 0.780. The van der Waals surface area contributed by atoms with Gasteiger partial charge in [0.25, 0.3) is 0 Å². The van der Waals surface area contributed by atoms with Gasteiger partial charge in [-0.15, -0.1) is 0 Å². The third-order valence-corrected chi connectivity index (χ3v) is 3.82. The number of halogens is 3. The summed E-state index contributed by atoms with van der Waals surface area (Å²) in [5.41, 5.74) is 0. The molecule has 2 heterocycles. The van der Waals surface area contributed by atoms with E-state index in [-0.39, 0.29) is 12.6 Å². The minimum Gasteiger partial charge on any atom is -0.380 e. The molecular formula is C12H19F3N2O2. The van der Waals surface area contributed by atoms with E-state index in [1.807, 2.05) is 4.90 Å². The number of rotatable bonds is 3. The first kappa shape index (κ1) is 14.6. The Morgan fingerprint density at radius 1 is 1.32 bits per heavy atom. The van der Waals surface area contributed by atoms with Gasteiger partial charge in [-0.1, -0.05) is 0 Å². The second-order valence-electron chi connectivity index (χ2n) is 5.17. The first-order valence-electron chi connectivity index (χ1n) is 6.53. The lowest BCUT2D eigenvalue weighted by molar-refractivity contribution is -0.159. The maximum atomic E-state index is 12.3. The van der Waals surface area contributed by atoms with Gasteiger partial charge in [-0.3, -0.25) is 9.69 Å². The highest BCUT2D eigenvalue weighted by Gasteiger charge is 2.42. The van der Waals surface area contributed by atoms with Crippen molar-refractivity contribution < 1.29 is 22.7 Å². The Kier molecular flexibility index (Phi) is 4.35. The summed E-state index contributed by atoms with van der Waals surface area (Å²) in [6.45, 7) is 0.448. The number of amides is 1. The second-order valence-corrected chi connectivity index (χ2v) is 5.17. The van der Waals surface area contributed by atoms with Crippen LogP contribution in [0.2, 0.25) is 0 Å². The lowest BCUT2D eigenvalue weighted by Crippen LogP contribution is -2.49. The van der Waals surface area contributed by atoms with Crippen molar-refractivity contribution in [2.24, 2.45) is 0 Å². The number of carbonyl (C=O) groups is 1. The molecule has 0 aromatic rings. The summed E-state index contributed by atoms with van der Waals surface area (Å²) in [6, 6.07) is -0.403. The number of likely N-dealkylation sites (tertiary alicyclic amines) is 2. The largest absolute Gasteiger partial charge is 0.406 e. The van der Waals surface area contributed by atoms with Crippen molar-refractivity contribution >= 4 is 5.91 Å². The van der Waals surface area contributed by atoms with Gasteiger partial charge in [0.1, 0.15) is 6.54 Å². The smallest absolute Gasteiger partial charge is 0.380 e. The maximum Gasteiger partial charge on any atom is 0.406 e. The lowest BCUT2D eigenvalue weighted by Gasteiger charge is -2.35. The molecule has 2 unspecified atom stereocenters. The predicted molar refractivity (Wildman–Crippen MR) is 62.6 cm³/mol.